The maximum Gasteiger partial charge on any atom is 0.330 e. The van der Waals surface area contributed by atoms with Gasteiger partial charge in [-0.25, -0.2) is 4.79 Å². The summed E-state index contributed by atoms with van der Waals surface area (Å²) in [5.74, 6) is -0.151. The number of benzene rings is 1. The number of hydrogen-bond donors (Lipinski definition) is 1. The van der Waals surface area contributed by atoms with E-state index < -0.39 is 0 Å². The Labute approximate surface area is 89.0 Å². The molecule has 80 valence electrons. The summed E-state index contributed by atoms with van der Waals surface area (Å²) in [6.45, 7) is 3.71. The molecule has 0 spiro atoms. The Morgan fingerprint density at radius 1 is 1.47 bits per heavy atom. The van der Waals surface area contributed by atoms with Crippen molar-refractivity contribution < 1.29 is 14.6 Å². The molecule has 0 unspecified atom stereocenters. The number of hydrogen-bond acceptors (Lipinski definition) is 3. The lowest BCUT2D eigenvalue weighted by Crippen LogP contribution is -1.96. The Balaban J connectivity index is 3.06. The summed E-state index contributed by atoms with van der Waals surface area (Å²) in [4.78, 5) is 11.0. The van der Waals surface area contributed by atoms with E-state index in [9.17, 15) is 9.90 Å². The van der Waals surface area contributed by atoms with Crippen molar-refractivity contribution in [3.63, 3.8) is 0 Å². The van der Waals surface area contributed by atoms with Crippen LogP contribution in [0.25, 0.3) is 5.57 Å². The molecule has 0 aromatic heterocycles. The van der Waals surface area contributed by atoms with Crippen molar-refractivity contribution in [3.8, 4) is 5.75 Å². The molecule has 3 heteroatoms. The lowest BCUT2D eigenvalue weighted by Gasteiger charge is -2.06. The Morgan fingerprint density at radius 3 is 2.67 bits per heavy atom. The molecule has 0 radical (unpaired) electrons. The predicted octanol–water partition coefficient (Wildman–Crippen LogP) is 2.28. The lowest BCUT2D eigenvalue weighted by molar-refractivity contribution is -0.134. The van der Waals surface area contributed by atoms with Gasteiger partial charge in [-0.15, -0.1) is 0 Å². The minimum Gasteiger partial charge on any atom is -0.508 e. The quantitative estimate of drug-likeness (QED) is 0.596. The zero-order valence-corrected chi connectivity index (χ0v) is 9.07. The van der Waals surface area contributed by atoms with E-state index in [4.69, 9.17) is 0 Å². The topological polar surface area (TPSA) is 46.5 Å². The second-order valence-electron chi connectivity index (χ2n) is 3.35. The van der Waals surface area contributed by atoms with Gasteiger partial charge >= 0.3 is 5.97 Å². The SMILES string of the molecule is COC(=O)C=C(C)c1ccc(O)cc1C. The third-order valence-corrected chi connectivity index (χ3v) is 2.17. The van der Waals surface area contributed by atoms with E-state index in [0.29, 0.717) is 0 Å². The minimum atomic E-state index is -0.375. The van der Waals surface area contributed by atoms with Crippen LogP contribution in [0, 0.1) is 6.92 Å². The first-order valence-corrected chi connectivity index (χ1v) is 4.61. The highest BCUT2D eigenvalue weighted by Crippen LogP contribution is 2.22. The van der Waals surface area contributed by atoms with Gasteiger partial charge in [-0.1, -0.05) is 6.07 Å². The van der Waals surface area contributed by atoms with Gasteiger partial charge in [-0.3, -0.25) is 0 Å². The number of esters is 1. The number of ether oxygens (including phenoxy) is 1. The zero-order chi connectivity index (χ0) is 11.4. The molecule has 0 aliphatic rings. The van der Waals surface area contributed by atoms with Gasteiger partial charge in [0.2, 0.25) is 0 Å². The number of phenols is 1. The van der Waals surface area contributed by atoms with E-state index >= 15 is 0 Å². The first kappa shape index (κ1) is 11.3. The first-order valence-electron chi connectivity index (χ1n) is 4.61. The molecule has 0 aliphatic carbocycles. The molecule has 0 amide bonds. The fourth-order valence-corrected chi connectivity index (χ4v) is 1.40. The van der Waals surface area contributed by atoms with E-state index in [2.05, 4.69) is 4.74 Å². The number of methoxy groups -OCH3 is 1. The van der Waals surface area contributed by atoms with Crippen LogP contribution in [0.1, 0.15) is 18.1 Å². The first-order chi connectivity index (χ1) is 7.04. The molecule has 1 aromatic rings. The van der Waals surface area contributed by atoms with Crippen LogP contribution in [-0.2, 0) is 9.53 Å². The van der Waals surface area contributed by atoms with Gasteiger partial charge in [-0.05, 0) is 42.7 Å². The molecule has 0 bridgehead atoms. The van der Waals surface area contributed by atoms with Gasteiger partial charge in [-0.2, -0.15) is 0 Å². The summed E-state index contributed by atoms with van der Waals surface area (Å²) in [5.41, 5.74) is 2.67. The van der Waals surface area contributed by atoms with Crippen LogP contribution < -0.4 is 0 Å². The maximum atomic E-state index is 11.0. The summed E-state index contributed by atoms with van der Waals surface area (Å²) in [7, 11) is 1.34. The summed E-state index contributed by atoms with van der Waals surface area (Å²) in [6, 6.07) is 5.03. The normalized spacial score (nSPS) is 11.3. The third-order valence-electron chi connectivity index (χ3n) is 2.17. The second-order valence-corrected chi connectivity index (χ2v) is 3.35. The summed E-state index contributed by atoms with van der Waals surface area (Å²) in [6.07, 6.45) is 1.43. The Hall–Kier alpha value is -1.77. The number of allylic oxidation sites excluding steroid dienone is 1. The van der Waals surface area contributed by atoms with Gasteiger partial charge < -0.3 is 9.84 Å². The fraction of sp³-hybridized carbons (Fsp3) is 0.250. The maximum absolute atomic E-state index is 11.0. The van der Waals surface area contributed by atoms with Crippen molar-refractivity contribution in [1.82, 2.24) is 0 Å². The molecule has 3 nitrogen and oxygen atoms in total. The largest absolute Gasteiger partial charge is 0.508 e. The predicted molar refractivity (Wildman–Crippen MR) is 58.5 cm³/mol. The van der Waals surface area contributed by atoms with Crippen LogP contribution in [0.4, 0.5) is 0 Å². The Kier molecular flexibility index (Phi) is 3.50. The van der Waals surface area contributed by atoms with Crippen molar-refractivity contribution in [2.24, 2.45) is 0 Å². The van der Waals surface area contributed by atoms with Crippen molar-refractivity contribution >= 4 is 11.5 Å². The molecule has 0 saturated heterocycles. The molecule has 15 heavy (non-hydrogen) atoms. The van der Waals surface area contributed by atoms with E-state index in [1.54, 1.807) is 18.2 Å². The van der Waals surface area contributed by atoms with E-state index in [0.717, 1.165) is 16.7 Å². The van der Waals surface area contributed by atoms with Crippen LogP contribution in [-0.4, -0.2) is 18.2 Å². The summed E-state index contributed by atoms with van der Waals surface area (Å²) in [5, 5.41) is 9.24. The number of carbonyl (C=O) groups is 1. The highest BCUT2D eigenvalue weighted by molar-refractivity contribution is 5.91. The molecule has 0 heterocycles. The highest BCUT2D eigenvalue weighted by atomic mass is 16.5. The fourth-order valence-electron chi connectivity index (χ4n) is 1.40. The van der Waals surface area contributed by atoms with Gasteiger partial charge in [0.15, 0.2) is 0 Å². The van der Waals surface area contributed by atoms with Gasteiger partial charge in [0.1, 0.15) is 5.75 Å². The van der Waals surface area contributed by atoms with Gasteiger partial charge in [0.25, 0.3) is 0 Å². The van der Waals surface area contributed by atoms with Crippen molar-refractivity contribution in [2.45, 2.75) is 13.8 Å². The van der Waals surface area contributed by atoms with E-state index in [1.807, 2.05) is 13.8 Å². The Morgan fingerprint density at radius 2 is 2.13 bits per heavy atom. The molecular formula is C12H14O3. The molecule has 1 rings (SSSR count). The highest BCUT2D eigenvalue weighted by Gasteiger charge is 2.03. The summed E-state index contributed by atoms with van der Waals surface area (Å²) < 4.78 is 4.54. The average Bonchev–Trinajstić information content (AvgIpc) is 2.17. The number of aryl methyl sites for hydroxylation is 1. The smallest absolute Gasteiger partial charge is 0.330 e. The molecule has 0 saturated carbocycles. The van der Waals surface area contributed by atoms with E-state index in [-0.39, 0.29) is 11.7 Å². The van der Waals surface area contributed by atoms with Crippen molar-refractivity contribution in [2.75, 3.05) is 7.11 Å². The minimum absolute atomic E-state index is 0.224. The molecule has 1 aromatic carbocycles. The Bertz CT molecular complexity index is 405. The standard InChI is InChI=1S/C12H14O3/c1-8-6-10(13)4-5-11(8)9(2)7-12(14)15-3/h4-7,13H,1-3H3. The van der Waals surface area contributed by atoms with Gasteiger partial charge in [0, 0.05) is 6.08 Å². The van der Waals surface area contributed by atoms with Crippen LogP contribution in [0.5, 0.6) is 5.75 Å². The van der Waals surface area contributed by atoms with Crippen LogP contribution in [0.2, 0.25) is 0 Å². The summed E-state index contributed by atoms with van der Waals surface area (Å²) >= 11 is 0. The molecule has 0 aliphatic heterocycles. The number of aromatic hydroxyl groups is 1. The number of rotatable bonds is 2. The number of carbonyl (C=O) groups excluding carboxylic acids is 1. The zero-order valence-electron chi connectivity index (χ0n) is 9.07. The van der Waals surface area contributed by atoms with Crippen LogP contribution in [0.3, 0.4) is 0 Å². The van der Waals surface area contributed by atoms with Crippen molar-refractivity contribution in [3.05, 3.63) is 35.4 Å². The van der Waals surface area contributed by atoms with E-state index in [1.165, 1.54) is 13.2 Å². The van der Waals surface area contributed by atoms with Gasteiger partial charge in [0.05, 0.1) is 7.11 Å². The van der Waals surface area contributed by atoms with Crippen LogP contribution >= 0.6 is 0 Å². The monoisotopic (exact) mass is 206 g/mol. The molecule has 0 atom stereocenters. The second kappa shape index (κ2) is 4.64. The molecular weight excluding hydrogens is 192 g/mol. The number of phenolic OH excluding ortho intramolecular Hbond substituents is 1. The molecule has 1 N–H and O–H groups in total. The average molecular weight is 206 g/mol. The van der Waals surface area contributed by atoms with Crippen LogP contribution in [0.15, 0.2) is 24.3 Å². The lowest BCUT2D eigenvalue weighted by atomic mass is 10.0. The third kappa shape index (κ3) is 2.84. The van der Waals surface area contributed by atoms with Crippen molar-refractivity contribution in [1.29, 1.82) is 0 Å². The molecule has 0 fully saturated rings.